The van der Waals surface area contributed by atoms with E-state index in [9.17, 15) is 4.79 Å². The summed E-state index contributed by atoms with van der Waals surface area (Å²) in [6.45, 7) is 3.08. The van der Waals surface area contributed by atoms with E-state index in [1.165, 1.54) is 32.1 Å². The van der Waals surface area contributed by atoms with Gasteiger partial charge in [0.25, 0.3) is 0 Å². The molecule has 0 aromatic carbocycles. The Hall–Kier alpha value is -0.570. The van der Waals surface area contributed by atoms with Crippen LogP contribution in [-0.2, 0) is 9.53 Å². The molecule has 1 N–H and O–H groups in total. The highest BCUT2D eigenvalue weighted by molar-refractivity contribution is 5.77. The normalized spacial score (nSPS) is 31.5. The number of rotatable bonds is 6. The molecule has 1 amide bonds. The van der Waals surface area contributed by atoms with Gasteiger partial charge in [-0.15, -0.1) is 0 Å². The SMILES string of the molecule is CCCCOCC(=O)N[C@H]1CC[C@@H]2CCC[C@@H]21. The molecule has 2 aliphatic rings. The number of hydrogen-bond donors (Lipinski definition) is 1. The van der Waals surface area contributed by atoms with Gasteiger partial charge in [0.1, 0.15) is 6.61 Å². The average Bonchev–Trinajstić information content (AvgIpc) is 2.89. The van der Waals surface area contributed by atoms with Gasteiger partial charge in [-0.05, 0) is 37.5 Å². The molecular weight excluding hydrogens is 214 g/mol. The van der Waals surface area contributed by atoms with E-state index in [2.05, 4.69) is 12.2 Å². The molecule has 2 aliphatic carbocycles. The maximum absolute atomic E-state index is 11.7. The number of fused-ring (bicyclic) bond motifs is 1. The molecule has 0 aliphatic heterocycles. The Morgan fingerprint density at radius 3 is 3.00 bits per heavy atom. The Bertz CT molecular complexity index is 255. The molecule has 0 heterocycles. The Morgan fingerprint density at radius 1 is 1.29 bits per heavy atom. The molecule has 2 rings (SSSR count). The van der Waals surface area contributed by atoms with Crippen molar-refractivity contribution in [3.8, 4) is 0 Å². The standard InChI is InChI=1S/C14H25NO2/c1-2-3-9-17-10-14(16)15-13-8-7-11-5-4-6-12(11)13/h11-13H,2-10H2,1H3,(H,15,16)/t11-,12-,13-/m0/s1. The van der Waals surface area contributed by atoms with Crippen LogP contribution < -0.4 is 5.32 Å². The molecule has 98 valence electrons. The third-order valence-electron chi connectivity index (χ3n) is 4.30. The third-order valence-corrected chi connectivity index (χ3v) is 4.30. The second kappa shape index (κ2) is 6.39. The Kier molecular flexibility index (Phi) is 4.84. The van der Waals surface area contributed by atoms with Crippen molar-refractivity contribution in [1.82, 2.24) is 5.32 Å². The lowest BCUT2D eigenvalue weighted by Crippen LogP contribution is -2.39. The summed E-state index contributed by atoms with van der Waals surface area (Å²) in [5, 5.41) is 3.16. The fourth-order valence-electron chi connectivity index (χ4n) is 3.40. The van der Waals surface area contributed by atoms with E-state index >= 15 is 0 Å². The summed E-state index contributed by atoms with van der Waals surface area (Å²) in [7, 11) is 0. The predicted octanol–water partition coefficient (Wildman–Crippen LogP) is 2.50. The topological polar surface area (TPSA) is 38.3 Å². The molecule has 0 aromatic heterocycles. The van der Waals surface area contributed by atoms with E-state index in [0.717, 1.165) is 24.7 Å². The van der Waals surface area contributed by atoms with E-state index in [-0.39, 0.29) is 12.5 Å². The lowest BCUT2D eigenvalue weighted by Gasteiger charge is -2.19. The lowest BCUT2D eigenvalue weighted by atomic mass is 9.98. The molecule has 3 atom stereocenters. The van der Waals surface area contributed by atoms with Crippen molar-refractivity contribution in [3.63, 3.8) is 0 Å². The molecule has 3 nitrogen and oxygen atoms in total. The van der Waals surface area contributed by atoms with Gasteiger partial charge in [-0.2, -0.15) is 0 Å². The number of carbonyl (C=O) groups is 1. The molecule has 2 saturated carbocycles. The van der Waals surface area contributed by atoms with Gasteiger partial charge >= 0.3 is 0 Å². The summed E-state index contributed by atoms with van der Waals surface area (Å²) < 4.78 is 5.35. The average molecular weight is 239 g/mol. The van der Waals surface area contributed by atoms with Gasteiger partial charge in [0.05, 0.1) is 0 Å². The van der Waals surface area contributed by atoms with Gasteiger partial charge in [-0.1, -0.05) is 26.2 Å². The van der Waals surface area contributed by atoms with Gasteiger partial charge < -0.3 is 10.1 Å². The number of nitrogens with one attached hydrogen (secondary N) is 1. The summed E-state index contributed by atoms with van der Waals surface area (Å²) in [4.78, 5) is 11.7. The van der Waals surface area contributed by atoms with Crippen LogP contribution in [0.4, 0.5) is 0 Å². The molecule has 0 bridgehead atoms. The monoisotopic (exact) mass is 239 g/mol. The van der Waals surface area contributed by atoms with Crippen molar-refractivity contribution < 1.29 is 9.53 Å². The van der Waals surface area contributed by atoms with E-state index in [4.69, 9.17) is 4.74 Å². The van der Waals surface area contributed by atoms with E-state index < -0.39 is 0 Å². The van der Waals surface area contributed by atoms with Crippen LogP contribution in [-0.4, -0.2) is 25.2 Å². The van der Waals surface area contributed by atoms with Crippen molar-refractivity contribution >= 4 is 5.91 Å². The van der Waals surface area contributed by atoms with E-state index in [1.54, 1.807) is 0 Å². The van der Waals surface area contributed by atoms with Crippen LogP contribution in [0.15, 0.2) is 0 Å². The lowest BCUT2D eigenvalue weighted by molar-refractivity contribution is -0.126. The number of hydrogen-bond acceptors (Lipinski definition) is 2. The van der Waals surface area contributed by atoms with E-state index in [0.29, 0.717) is 12.6 Å². The first-order chi connectivity index (χ1) is 8.31. The Balaban J connectivity index is 1.65. The highest BCUT2D eigenvalue weighted by Gasteiger charge is 2.39. The second-order valence-electron chi connectivity index (χ2n) is 5.51. The fraction of sp³-hybridized carbons (Fsp3) is 0.929. The molecule has 2 fully saturated rings. The van der Waals surface area contributed by atoms with Crippen LogP contribution in [0.1, 0.15) is 51.9 Å². The van der Waals surface area contributed by atoms with Gasteiger partial charge in [0, 0.05) is 12.6 Å². The molecule has 0 radical (unpaired) electrons. The highest BCUT2D eigenvalue weighted by Crippen LogP contribution is 2.43. The van der Waals surface area contributed by atoms with Gasteiger partial charge in [-0.25, -0.2) is 0 Å². The van der Waals surface area contributed by atoms with Crippen molar-refractivity contribution in [2.24, 2.45) is 11.8 Å². The maximum atomic E-state index is 11.7. The molecule has 17 heavy (non-hydrogen) atoms. The first-order valence-electron chi connectivity index (χ1n) is 7.18. The zero-order valence-electron chi connectivity index (χ0n) is 10.9. The fourth-order valence-corrected chi connectivity index (χ4v) is 3.40. The van der Waals surface area contributed by atoms with Gasteiger partial charge in [0.15, 0.2) is 0 Å². The largest absolute Gasteiger partial charge is 0.372 e. The maximum Gasteiger partial charge on any atom is 0.246 e. The van der Waals surface area contributed by atoms with Crippen LogP contribution >= 0.6 is 0 Å². The quantitative estimate of drug-likeness (QED) is 0.723. The molecule has 0 saturated heterocycles. The minimum atomic E-state index is 0.0821. The molecule has 3 heteroatoms. The van der Waals surface area contributed by atoms with Crippen molar-refractivity contribution in [1.29, 1.82) is 0 Å². The van der Waals surface area contributed by atoms with Crippen molar-refractivity contribution in [3.05, 3.63) is 0 Å². The summed E-state index contributed by atoms with van der Waals surface area (Å²) in [6, 6.07) is 0.435. The number of carbonyl (C=O) groups excluding carboxylic acids is 1. The Morgan fingerprint density at radius 2 is 2.18 bits per heavy atom. The Labute approximate surface area is 104 Å². The summed E-state index contributed by atoms with van der Waals surface area (Å²) in [6.07, 6.45) is 8.70. The zero-order valence-corrected chi connectivity index (χ0v) is 10.9. The molecule has 0 spiro atoms. The van der Waals surface area contributed by atoms with Crippen LogP contribution in [0.3, 0.4) is 0 Å². The summed E-state index contributed by atoms with van der Waals surface area (Å²) >= 11 is 0. The first-order valence-corrected chi connectivity index (χ1v) is 7.18. The minimum absolute atomic E-state index is 0.0821. The van der Waals surface area contributed by atoms with Crippen LogP contribution in [0, 0.1) is 11.8 Å². The van der Waals surface area contributed by atoms with Crippen molar-refractivity contribution in [2.45, 2.75) is 57.9 Å². The molecule has 0 unspecified atom stereocenters. The van der Waals surface area contributed by atoms with Gasteiger partial charge in [0.2, 0.25) is 5.91 Å². The van der Waals surface area contributed by atoms with Crippen molar-refractivity contribution in [2.75, 3.05) is 13.2 Å². The van der Waals surface area contributed by atoms with Crippen LogP contribution in [0.5, 0.6) is 0 Å². The van der Waals surface area contributed by atoms with E-state index in [1.807, 2.05) is 0 Å². The smallest absolute Gasteiger partial charge is 0.246 e. The summed E-state index contributed by atoms with van der Waals surface area (Å²) in [5.41, 5.74) is 0. The first kappa shape index (κ1) is 12.9. The van der Waals surface area contributed by atoms with Crippen LogP contribution in [0.2, 0.25) is 0 Å². The zero-order chi connectivity index (χ0) is 12.1. The number of ether oxygens (including phenoxy) is 1. The van der Waals surface area contributed by atoms with Crippen LogP contribution in [0.25, 0.3) is 0 Å². The second-order valence-corrected chi connectivity index (χ2v) is 5.51. The minimum Gasteiger partial charge on any atom is -0.372 e. The number of unbranched alkanes of at least 4 members (excludes halogenated alkanes) is 1. The third kappa shape index (κ3) is 3.44. The molecule has 0 aromatic rings. The predicted molar refractivity (Wildman–Crippen MR) is 67.7 cm³/mol. The number of amides is 1. The summed E-state index contributed by atoms with van der Waals surface area (Å²) in [5.74, 6) is 1.73. The molecular formula is C14H25NO2. The van der Waals surface area contributed by atoms with Gasteiger partial charge in [-0.3, -0.25) is 4.79 Å². The highest BCUT2D eigenvalue weighted by atomic mass is 16.5.